The molecule has 4 aromatic carbocycles. The van der Waals surface area contributed by atoms with Crippen LogP contribution in [0.3, 0.4) is 0 Å². The predicted octanol–water partition coefficient (Wildman–Crippen LogP) is 4.14. The Balaban J connectivity index is 0.789. The summed E-state index contributed by atoms with van der Waals surface area (Å²) in [5.41, 5.74) is 4.45. The van der Waals surface area contributed by atoms with E-state index in [1.807, 2.05) is 78.2 Å². The SMILES string of the molecule is COc1ccc(C#CCNC2(C)CCN(C3CCN(c4nc([C@@](COCNC(=O)CNC(=O)[C@H](Cc5ccccc5)NC(=O)CNC(=O)CNC(=O)O)(OC5CC5)c5ccccc5)c5cc(-c6cn(C)c(=O)c7[nH]ccc67)ccc5n4)CC3)CC2)cc1N1CCC(=O)NC1=O. The molecule has 3 saturated heterocycles. The lowest BCUT2D eigenvalue weighted by atomic mass is 9.87. The molecule has 3 aromatic heterocycles. The third kappa shape index (κ3) is 16.2. The lowest BCUT2D eigenvalue weighted by Crippen LogP contribution is -2.55. The number of aromatic nitrogens is 4. The minimum absolute atomic E-state index is 0.0604. The second-order valence-electron chi connectivity index (χ2n) is 24.5. The monoisotopic (exact) mass is 1290 g/mol. The van der Waals surface area contributed by atoms with Gasteiger partial charge in [0.05, 0.1) is 62.9 Å². The predicted molar refractivity (Wildman–Crippen MR) is 354 cm³/mol. The molecule has 11 rings (SSSR count). The molecule has 3 aliphatic heterocycles. The first kappa shape index (κ1) is 66.3. The van der Waals surface area contributed by atoms with Gasteiger partial charge < -0.3 is 70.6 Å². The summed E-state index contributed by atoms with van der Waals surface area (Å²) in [5.74, 6) is 4.55. The zero-order chi connectivity index (χ0) is 66.6. The highest BCUT2D eigenvalue weighted by Gasteiger charge is 2.45. The Morgan fingerprint density at radius 2 is 1.53 bits per heavy atom. The molecule has 2 atom stereocenters. The molecule has 0 spiro atoms. The van der Waals surface area contributed by atoms with E-state index in [1.165, 1.54) is 4.90 Å². The number of methoxy groups -OCH3 is 1. The van der Waals surface area contributed by atoms with Gasteiger partial charge in [0.25, 0.3) is 5.56 Å². The van der Waals surface area contributed by atoms with Gasteiger partial charge >= 0.3 is 12.1 Å². The van der Waals surface area contributed by atoms with Crippen molar-refractivity contribution in [1.29, 1.82) is 0 Å². The van der Waals surface area contributed by atoms with Gasteiger partial charge in [-0.3, -0.25) is 39.0 Å². The summed E-state index contributed by atoms with van der Waals surface area (Å²) >= 11 is 0. The van der Waals surface area contributed by atoms with Crippen molar-refractivity contribution in [3.8, 4) is 28.7 Å². The maximum Gasteiger partial charge on any atom is 0.405 e. The number of benzene rings is 4. The summed E-state index contributed by atoms with van der Waals surface area (Å²) in [7, 11) is 3.26. The molecule has 0 radical (unpaired) electrons. The molecule has 95 heavy (non-hydrogen) atoms. The van der Waals surface area contributed by atoms with Crippen molar-refractivity contribution in [3.63, 3.8) is 0 Å². The average molecular weight is 1300 g/mol. The molecule has 1 aliphatic carbocycles. The molecule has 0 bridgehead atoms. The van der Waals surface area contributed by atoms with Crippen LogP contribution in [0, 0.1) is 11.8 Å². The number of anilines is 2. The highest BCUT2D eigenvalue weighted by atomic mass is 16.6. The molecule has 26 nitrogen and oxygen atoms in total. The summed E-state index contributed by atoms with van der Waals surface area (Å²) in [5, 5.41) is 28.6. The number of carbonyl (C=O) groups is 7. The highest BCUT2D eigenvalue weighted by Crippen LogP contribution is 2.44. The van der Waals surface area contributed by atoms with Crippen LogP contribution >= 0.6 is 0 Å². The van der Waals surface area contributed by atoms with E-state index in [1.54, 1.807) is 61.3 Å². The van der Waals surface area contributed by atoms with Gasteiger partial charge in [-0.05, 0) is 98.5 Å². The topological polar surface area (TPSA) is 325 Å². The molecule has 4 fully saturated rings. The zero-order valence-corrected chi connectivity index (χ0v) is 53.3. The molecule has 1 saturated carbocycles. The number of piperidine rings is 2. The van der Waals surface area contributed by atoms with E-state index in [0.717, 1.165) is 84.8 Å². The van der Waals surface area contributed by atoms with Crippen molar-refractivity contribution in [1.82, 2.24) is 61.6 Å². The quantitative estimate of drug-likeness (QED) is 0.0221. The van der Waals surface area contributed by atoms with Crippen molar-refractivity contribution >= 4 is 75.1 Å². The van der Waals surface area contributed by atoms with E-state index in [4.69, 9.17) is 29.3 Å². The van der Waals surface area contributed by atoms with Gasteiger partial charge in [-0.2, -0.15) is 0 Å². The normalized spacial score (nSPS) is 16.8. The van der Waals surface area contributed by atoms with Gasteiger partial charge in [0.1, 0.15) is 24.0 Å². The number of hydrogen-bond donors (Lipinski definition) is 9. The summed E-state index contributed by atoms with van der Waals surface area (Å²) in [6.45, 7) is 4.21. The third-order valence-corrected chi connectivity index (χ3v) is 17.8. The maximum absolute atomic E-state index is 13.7. The largest absolute Gasteiger partial charge is 0.495 e. The van der Waals surface area contributed by atoms with Crippen LogP contribution in [0.15, 0.2) is 120 Å². The molecular formula is C69H78N14O12. The minimum Gasteiger partial charge on any atom is -0.495 e. The number of ether oxygens (including phenoxy) is 3. The fourth-order valence-corrected chi connectivity index (χ4v) is 12.4. The van der Waals surface area contributed by atoms with Gasteiger partial charge in [0.2, 0.25) is 35.5 Å². The lowest BCUT2D eigenvalue weighted by Gasteiger charge is -2.45. The fourth-order valence-electron chi connectivity index (χ4n) is 12.4. The van der Waals surface area contributed by atoms with Crippen LogP contribution < -0.4 is 57.3 Å². The van der Waals surface area contributed by atoms with Crippen molar-refractivity contribution in [2.75, 3.05) is 89.2 Å². The lowest BCUT2D eigenvalue weighted by molar-refractivity contribution is -0.131. The first-order valence-corrected chi connectivity index (χ1v) is 31.9. The number of amides is 8. The summed E-state index contributed by atoms with van der Waals surface area (Å²) in [6, 6.07) is 30.7. The standard InChI is InChI=1S/C69H78N14O12/c1-68(75-28-10-13-45-16-21-56(93-3)55(36-45)83-32-25-57(84)78-66(83)90)26-33-81(34-27-68)48-23-30-82(31-24-48)65-77-53-20-17-46(52-41-80(2)64(89)61-50(52)22-29-70-61)37-51(53)62(79-65)69(95-49-18-19-49,47-14-8-5-9-15-47)42-94-43-74-59(86)38-72-63(88)54(35-44-11-6-4-7-12-44)76-60(87)40-71-58(85)39-73-67(91)92/h4-9,11-12,14-17,20-22,29,36-37,41,48-49,54,70,73,75H,18-19,23-28,30-35,38-40,42-43H2,1-3H3,(H,71,85)(H,72,88)(H,74,86)(H,76,87)(H,91,92)(H,78,84,90)/t54-,69-/m0/s1. The van der Waals surface area contributed by atoms with E-state index >= 15 is 0 Å². The number of rotatable bonds is 25. The number of H-pyrrole nitrogens is 1. The van der Waals surface area contributed by atoms with Gasteiger partial charge in [-0.25, -0.2) is 19.6 Å². The zero-order valence-electron chi connectivity index (χ0n) is 53.3. The molecule has 6 heterocycles. The van der Waals surface area contributed by atoms with Crippen LogP contribution in [0.2, 0.25) is 0 Å². The van der Waals surface area contributed by atoms with E-state index < -0.39 is 67.0 Å². The number of aryl methyl sites for hydroxylation is 1. The van der Waals surface area contributed by atoms with E-state index in [9.17, 15) is 38.4 Å². The van der Waals surface area contributed by atoms with Crippen LogP contribution in [0.4, 0.5) is 21.2 Å². The van der Waals surface area contributed by atoms with Gasteiger partial charge in [-0.1, -0.05) is 78.6 Å². The summed E-state index contributed by atoms with van der Waals surface area (Å²) < 4.78 is 20.9. The molecule has 496 valence electrons. The third-order valence-electron chi connectivity index (χ3n) is 17.8. The number of nitrogens with zero attached hydrogens (tertiary/aromatic N) is 6. The molecule has 26 heteroatoms. The second-order valence-corrected chi connectivity index (χ2v) is 24.5. The Hall–Kier alpha value is -10.2. The van der Waals surface area contributed by atoms with Crippen LogP contribution in [0.1, 0.15) is 74.3 Å². The van der Waals surface area contributed by atoms with Gasteiger partial charge in [0.15, 0.2) is 5.60 Å². The Morgan fingerprint density at radius 3 is 2.25 bits per heavy atom. The van der Waals surface area contributed by atoms with Crippen LogP contribution in [0.5, 0.6) is 5.75 Å². The number of imide groups is 1. The van der Waals surface area contributed by atoms with E-state index in [-0.39, 0.29) is 55.8 Å². The number of hydrogen-bond acceptors (Lipinski definition) is 16. The Kier molecular flexibility index (Phi) is 20.8. The van der Waals surface area contributed by atoms with Crippen molar-refractivity contribution < 1.29 is 52.9 Å². The Labute approximate surface area is 548 Å². The maximum atomic E-state index is 13.7. The molecule has 0 unspecified atom stereocenters. The van der Waals surface area contributed by atoms with Crippen LogP contribution in [-0.2, 0) is 52.5 Å². The number of likely N-dealkylation sites (tertiary alicyclic amines) is 1. The molecule has 4 aliphatic rings. The minimum atomic E-state index is -1.41. The first-order chi connectivity index (χ1) is 45.9. The van der Waals surface area contributed by atoms with Crippen molar-refractivity contribution in [3.05, 3.63) is 148 Å². The number of nitrogens with one attached hydrogen (secondary N) is 8. The number of carbonyl (C=O) groups excluding carboxylic acids is 6. The number of carboxylic acid groups (broad SMARTS) is 1. The second kappa shape index (κ2) is 29.8. The van der Waals surface area contributed by atoms with Crippen molar-refractivity contribution in [2.24, 2.45) is 7.05 Å². The molecular weight excluding hydrogens is 1220 g/mol. The number of fused-ring (bicyclic) bond motifs is 2. The van der Waals surface area contributed by atoms with E-state index in [2.05, 4.69) is 65.4 Å². The number of aromatic amines is 1. The number of pyridine rings is 1. The van der Waals surface area contributed by atoms with Crippen molar-refractivity contribution in [2.45, 2.75) is 87.6 Å². The number of urea groups is 1. The molecule has 9 N–H and O–H groups in total. The Bertz CT molecular complexity index is 4110. The fraction of sp³-hybridized carbons (Fsp3) is 0.391. The first-order valence-electron chi connectivity index (χ1n) is 31.9. The highest BCUT2D eigenvalue weighted by molar-refractivity contribution is 6.06. The van der Waals surface area contributed by atoms with E-state index in [0.29, 0.717) is 65.2 Å². The summed E-state index contributed by atoms with van der Waals surface area (Å²) in [4.78, 5) is 121. The average Bonchev–Trinajstić information content (AvgIpc) is 1.69. The Morgan fingerprint density at radius 1 is 0.800 bits per heavy atom. The smallest absolute Gasteiger partial charge is 0.405 e. The van der Waals surface area contributed by atoms with Crippen LogP contribution in [0.25, 0.3) is 32.9 Å². The van der Waals surface area contributed by atoms with Gasteiger partial charge in [0, 0.05) is 98.5 Å². The van der Waals surface area contributed by atoms with Crippen LogP contribution in [-0.4, -0.2) is 174 Å². The molecule has 7 aromatic rings. The summed E-state index contributed by atoms with van der Waals surface area (Å²) in [6.07, 6.45) is 7.51. The molecule has 8 amide bonds. The van der Waals surface area contributed by atoms with Gasteiger partial charge in [-0.15, -0.1) is 0 Å².